The van der Waals surface area contributed by atoms with Crippen LogP contribution < -0.4 is 0 Å². The molecular formula is C19H23ClN2O4. The van der Waals surface area contributed by atoms with E-state index in [-0.39, 0.29) is 31.4 Å². The van der Waals surface area contributed by atoms with Crippen LogP contribution in [-0.4, -0.2) is 64.7 Å². The Balaban J connectivity index is 1.65. The normalized spacial score (nSPS) is 20.9. The summed E-state index contributed by atoms with van der Waals surface area (Å²) < 4.78 is 0. The molecule has 140 valence electrons. The van der Waals surface area contributed by atoms with Gasteiger partial charge in [-0.2, -0.15) is 0 Å². The number of hydrogen-bond donors (Lipinski definition) is 2. The fraction of sp³-hybridized carbons (Fsp3) is 0.474. The van der Waals surface area contributed by atoms with Crippen molar-refractivity contribution in [1.29, 1.82) is 0 Å². The Kier molecular flexibility index (Phi) is 5.65. The Morgan fingerprint density at radius 1 is 1.08 bits per heavy atom. The molecule has 26 heavy (non-hydrogen) atoms. The molecule has 0 radical (unpaired) electrons. The number of amides is 1. The number of aliphatic hydroxyl groups excluding tert-OH is 1. The summed E-state index contributed by atoms with van der Waals surface area (Å²) in [6.45, 7) is 2.06. The predicted molar refractivity (Wildman–Crippen MR) is 97.9 cm³/mol. The number of benzene rings is 1. The maximum Gasteiger partial charge on any atom is 0.319 e. The van der Waals surface area contributed by atoms with Gasteiger partial charge in [0.2, 0.25) is 5.91 Å². The zero-order chi connectivity index (χ0) is 18.7. The molecule has 1 amide bonds. The van der Waals surface area contributed by atoms with Gasteiger partial charge in [-0.15, -0.1) is 0 Å². The third kappa shape index (κ3) is 3.49. The number of carbonyl (C=O) groups is 2. The van der Waals surface area contributed by atoms with Crippen molar-refractivity contribution >= 4 is 23.5 Å². The van der Waals surface area contributed by atoms with Crippen molar-refractivity contribution < 1.29 is 19.8 Å². The zero-order valence-electron chi connectivity index (χ0n) is 14.5. The van der Waals surface area contributed by atoms with E-state index in [0.717, 1.165) is 5.56 Å². The Hall–Kier alpha value is -1.89. The van der Waals surface area contributed by atoms with Gasteiger partial charge in [-0.05, 0) is 30.5 Å². The summed E-state index contributed by atoms with van der Waals surface area (Å²) in [5.41, 5.74) is -0.368. The van der Waals surface area contributed by atoms with Crippen LogP contribution in [0.4, 0.5) is 0 Å². The van der Waals surface area contributed by atoms with Crippen LogP contribution in [0.25, 0.3) is 0 Å². The maximum atomic E-state index is 12.8. The van der Waals surface area contributed by atoms with Gasteiger partial charge in [0, 0.05) is 31.2 Å². The highest BCUT2D eigenvalue weighted by Crippen LogP contribution is 2.36. The third-order valence-corrected chi connectivity index (χ3v) is 5.64. The molecule has 3 rings (SSSR count). The number of aliphatic hydroxyl groups is 1. The van der Waals surface area contributed by atoms with Crippen molar-refractivity contribution in [3.05, 3.63) is 47.0 Å². The molecule has 1 heterocycles. The quantitative estimate of drug-likeness (QED) is 0.604. The van der Waals surface area contributed by atoms with E-state index in [1.54, 1.807) is 29.2 Å². The highest BCUT2D eigenvalue weighted by molar-refractivity contribution is 6.30. The van der Waals surface area contributed by atoms with Gasteiger partial charge in [-0.1, -0.05) is 35.9 Å². The maximum absolute atomic E-state index is 12.8. The number of hydrogen-bond acceptors (Lipinski definition) is 4. The number of carboxylic acid groups (broad SMARTS) is 1. The number of halogens is 1. The number of carbonyl (C=O) groups excluding carboxylic acids is 1. The van der Waals surface area contributed by atoms with E-state index in [2.05, 4.69) is 4.90 Å². The van der Waals surface area contributed by atoms with Crippen molar-refractivity contribution in [3.8, 4) is 0 Å². The van der Waals surface area contributed by atoms with Crippen molar-refractivity contribution in [3.63, 3.8) is 0 Å². The van der Waals surface area contributed by atoms with E-state index in [1.165, 1.54) is 0 Å². The molecule has 1 aromatic carbocycles. The second-order valence-electron chi connectivity index (χ2n) is 6.85. The van der Waals surface area contributed by atoms with Crippen LogP contribution in [0.15, 0.2) is 36.4 Å². The standard InChI is InChI=1S/C19H23ClN2O4/c20-15-5-3-14(4-6-15)16(13-23)21-9-11-22(12-10-21)17(24)19(18(25)26)7-1-2-8-19/h1-6,16,23H,7-13H2,(H,25,26). The Morgan fingerprint density at radius 3 is 2.15 bits per heavy atom. The molecule has 0 bridgehead atoms. The molecule has 1 unspecified atom stereocenters. The molecule has 7 heteroatoms. The fourth-order valence-corrected chi connectivity index (χ4v) is 3.88. The van der Waals surface area contributed by atoms with Crippen LogP contribution >= 0.6 is 11.6 Å². The van der Waals surface area contributed by atoms with Crippen LogP contribution in [0, 0.1) is 5.41 Å². The fourth-order valence-electron chi connectivity index (χ4n) is 3.75. The van der Waals surface area contributed by atoms with Gasteiger partial charge in [0.15, 0.2) is 5.41 Å². The Bertz CT molecular complexity index is 688. The summed E-state index contributed by atoms with van der Waals surface area (Å²) in [5.74, 6) is -1.36. The first kappa shape index (κ1) is 18.9. The molecule has 0 aromatic heterocycles. The Morgan fingerprint density at radius 2 is 1.65 bits per heavy atom. The van der Waals surface area contributed by atoms with Crippen molar-refractivity contribution in [2.45, 2.75) is 18.9 Å². The number of rotatable bonds is 5. The van der Waals surface area contributed by atoms with E-state index < -0.39 is 11.4 Å². The lowest BCUT2D eigenvalue weighted by Gasteiger charge is -2.41. The first-order chi connectivity index (χ1) is 12.5. The molecule has 1 saturated heterocycles. The van der Waals surface area contributed by atoms with Crippen molar-refractivity contribution in [2.24, 2.45) is 5.41 Å². The largest absolute Gasteiger partial charge is 0.480 e. The minimum Gasteiger partial charge on any atom is -0.480 e. The summed E-state index contributed by atoms with van der Waals surface area (Å²) in [6.07, 6.45) is 4.05. The van der Waals surface area contributed by atoms with Gasteiger partial charge in [-0.25, -0.2) is 0 Å². The molecule has 1 aliphatic heterocycles. The van der Waals surface area contributed by atoms with Crippen LogP contribution in [0.3, 0.4) is 0 Å². The van der Waals surface area contributed by atoms with Crippen molar-refractivity contribution in [2.75, 3.05) is 32.8 Å². The highest BCUT2D eigenvalue weighted by Gasteiger charge is 2.49. The number of aliphatic carboxylic acids is 1. The van der Waals surface area contributed by atoms with Gasteiger partial charge in [-0.3, -0.25) is 14.5 Å². The molecule has 2 aliphatic rings. The topological polar surface area (TPSA) is 81.1 Å². The summed E-state index contributed by atoms with van der Waals surface area (Å²) >= 11 is 5.93. The second-order valence-corrected chi connectivity index (χ2v) is 7.28. The number of nitrogens with zero attached hydrogens (tertiary/aromatic N) is 2. The Labute approximate surface area is 157 Å². The molecule has 1 fully saturated rings. The molecular weight excluding hydrogens is 356 g/mol. The van der Waals surface area contributed by atoms with Gasteiger partial charge in [0.25, 0.3) is 0 Å². The van der Waals surface area contributed by atoms with E-state index in [0.29, 0.717) is 31.2 Å². The van der Waals surface area contributed by atoms with Gasteiger partial charge < -0.3 is 15.1 Å². The molecule has 1 aliphatic carbocycles. The number of carboxylic acids is 1. The first-order valence-electron chi connectivity index (χ1n) is 8.76. The molecule has 0 saturated carbocycles. The molecule has 0 spiro atoms. The SMILES string of the molecule is O=C(O)C1(C(=O)N2CCN(C(CO)c3ccc(Cl)cc3)CC2)CC=CC1. The molecule has 2 N–H and O–H groups in total. The average Bonchev–Trinajstić information content (AvgIpc) is 3.15. The lowest BCUT2D eigenvalue weighted by molar-refractivity contribution is -0.161. The summed E-state index contributed by atoms with van der Waals surface area (Å²) in [4.78, 5) is 28.3. The van der Waals surface area contributed by atoms with Gasteiger partial charge in [0.05, 0.1) is 12.6 Å². The van der Waals surface area contributed by atoms with Crippen molar-refractivity contribution in [1.82, 2.24) is 9.80 Å². The van der Waals surface area contributed by atoms with Gasteiger partial charge >= 0.3 is 5.97 Å². The van der Waals surface area contributed by atoms with E-state index >= 15 is 0 Å². The monoisotopic (exact) mass is 378 g/mol. The summed E-state index contributed by atoms with van der Waals surface area (Å²) in [6, 6.07) is 7.21. The minimum absolute atomic E-state index is 0.0292. The minimum atomic E-state index is -1.34. The van der Waals surface area contributed by atoms with Crippen LogP contribution in [0.1, 0.15) is 24.4 Å². The highest BCUT2D eigenvalue weighted by atomic mass is 35.5. The molecule has 6 nitrogen and oxygen atoms in total. The van der Waals surface area contributed by atoms with Crippen LogP contribution in [0.2, 0.25) is 5.02 Å². The lowest BCUT2D eigenvalue weighted by Crippen LogP contribution is -2.55. The summed E-state index contributed by atoms with van der Waals surface area (Å²) in [7, 11) is 0. The predicted octanol–water partition coefficient (Wildman–Crippen LogP) is 1.94. The third-order valence-electron chi connectivity index (χ3n) is 5.39. The lowest BCUT2D eigenvalue weighted by atomic mass is 9.83. The van der Waals surface area contributed by atoms with Gasteiger partial charge in [0.1, 0.15) is 0 Å². The van der Waals surface area contributed by atoms with E-state index in [9.17, 15) is 19.8 Å². The smallest absolute Gasteiger partial charge is 0.319 e. The van der Waals surface area contributed by atoms with Crippen LogP contribution in [-0.2, 0) is 9.59 Å². The van der Waals surface area contributed by atoms with E-state index in [1.807, 2.05) is 12.1 Å². The summed E-state index contributed by atoms with van der Waals surface area (Å²) in [5, 5.41) is 20.0. The average molecular weight is 379 g/mol. The van der Waals surface area contributed by atoms with E-state index in [4.69, 9.17) is 11.6 Å². The first-order valence-corrected chi connectivity index (χ1v) is 9.14. The zero-order valence-corrected chi connectivity index (χ0v) is 15.2. The van der Waals surface area contributed by atoms with Crippen LogP contribution in [0.5, 0.6) is 0 Å². The molecule has 1 aromatic rings. The number of allylic oxidation sites excluding steroid dienone is 2. The second kappa shape index (κ2) is 7.78. The number of piperazine rings is 1. The molecule has 1 atom stereocenters.